The maximum absolute atomic E-state index is 12.5. The van der Waals surface area contributed by atoms with E-state index in [1.54, 1.807) is 43.5 Å². The van der Waals surface area contributed by atoms with E-state index in [1.165, 1.54) is 21.1 Å². The maximum atomic E-state index is 12.5. The van der Waals surface area contributed by atoms with E-state index in [2.05, 4.69) is 20.9 Å². The maximum Gasteiger partial charge on any atom is 0.246 e. The van der Waals surface area contributed by atoms with Crippen molar-refractivity contribution in [1.82, 2.24) is 4.98 Å². The van der Waals surface area contributed by atoms with Gasteiger partial charge in [-0.25, -0.2) is 4.98 Å². The zero-order valence-electron chi connectivity index (χ0n) is 15.1. The summed E-state index contributed by atoms with van der Waals surface area (Å²) in [5, 5.41) is 8.52. The molecule has 0 spiro atoms. The van der Waals surface area contributed by atoms with Crippen LogP contribution >= 0.6 is 0 Å². The lowest BCUT2D eigenvalue weighted by atomic mass is 10.2. The molecule has 1 aromatic carbocycles. The van der Waals surface area contributed by atoms with Crippen LogP contribution in [-0.2, 0) is 9.59 Å². The lowest BCUT2D eigenvalue weighted by Crippen LogP contribution is -2.32. The van der Waals surface area contributed by atoms with Gasteiger partial charge in [0.2, 0.25) is 17.7 Å². The molecule has 0 fully saturated rings. The molecule has 1 heterocycles. The summed E-state index contributed by atoms with van der Waals surface area (Å²) in [6.45, 7) is 3.14. The zero-order valence-corrected chi connectivity index (χ0v) is 15.1. The van der Waals surface area contributed by atoms with Crippen molar-refractivity contribution in [1.29, 1.82) is 0 Å². The Labute approximate surface area is 151 Å². The number of ether oxygens (including phenoxy) is 2. The quantitative estimate of drug-likeness (QED) is 0.703. The van der Waals surface area contributed by atoms with Crippen molar-refractivity contribution in [2.45, 2.75) is 19.9 Å². The van der Waals surface area contributed by atoms with Gasteiger partial charge >= 0.3 is 0 Å². The minimum absolute atomic E-state index is 0.200. The number of benzene rings is 1. The van der Waals surface area contributed by atoms with Crippen LogP contribution in [0.5, 0.6) is 11.6 Å². The summed E-state index contributed by atoms with van der Waals surface area (Å²) >= 11 is 0. The molecule has 0 saturated heterocycles. The van der Waals surface area contributed by atoms with E-state index in [-0.39, 0.29) is 11.8 Å². The Kier molecular flexibility index (Phi) is 6.37. The molecule has 0 aliphatic carbocycles. The van der Waals surface area contributed by atoms with Gasteiger partial charge in [0.1, 0.15) is 11.8 Å². The second kappa shape index (κ2) is 8.70. The van der Waals surface area contributed by atoms with Crippen LogP contribution in [0.4, 0.5) is 17.1 Å². The topological polar surface area (TPSA) is 102 Å². The number of methoxy groups -OCH3 is 2. The average Bonchev–Trinajstić information content (AvgIpc) is 2.62. The molecule has 3 N–H and O–H groups in total. The van der Waals surface area contributed by atoms with Gasteiger partial charge in [0.25, 0.3) is 0 Å². The van der Waals surface area contributed by atoms with Gasteiger partial charge in [-0.3, -0.25) is 9.59 Å². The first-order valence-corrected chi connectivity index (χ1v) is 7.96. The number of hydrogen-bond donors (Lipinski definition) is 3. The van der Waals surface area contributed by atoms with Gasteiger partial charge in [0.15, 0.2) is 0 Å². The van der Waals surface area contributed by atoms with Gasteiger partial charge in [-0.05, 0) is 31.2 Å². The minimum Gasteiger partial charge on any atom is -0.495 e. The Balaban J connectivity index is 2.08. The smallest absolute Gasteiger partial charge is 0.246 e. The predicted octanol–water partition coefficient (Wildman–Crippen LogP) is 2.50. The zero-order chi connectivity index (χ0) is 19.1. The van der Waals surface area contributed by atoms with Crippen LogP contribution in [0, 0.1) is 0 Å². The van der Waals surface area contributed by atoms with Crippen molar-refractivity contribution < 1.29 is 19.1 Å². The van der Waals surface area contributed by atoms with Crippen molar-refractivity contribution >= 4 is 28.9 Å². The van der Waals surface area contributed by atoms with Crippen LogP contribution in [0.1, 0.15) is 13.8 Å². The average molecular weight is 358 g/mol. The van der Waals surface area contributed by atoms with Crippen LogP contribution in [0.15, 0.2) is 36.5 Å². The predicted molar refractivity (Wildman–Crippen MR) is 99.8 cm³/mol. The monoisotopic (exact) mass is 358 g/mol. The molecule has 0 aliphatic heterocycles. The molecule has 0 aliphatic rings. The highest BCUT2D eigenvalue weighted by Gasteiger charge is 2.16. The van der Waals surface area contributed by atoms with E-state index < -0.39 is 6.04 Å². The number of anilines is 3. The first-order valence-electron chi connectivity index (χ1n) is 7.96. The van der Waals surface area contributed by atoms with Gasteiger partial charge in [-0.2, -0.15) is 0 Å². The van der Waals surface area contributed by atoms with Gasteiger partial charge in [0.05, 0.1) is 31.8 Å². The third-order valence-electron chi connectivity index (χ3n) is 3.50. The van der Waals surface area contributed by atoms with Crippen LogP contribution in [0.2, 0.25) is 0 Å². The highest BCUT2D eigenvalue weighted by Crippen LogP contribution is 2.28. The summed E-state index contributed by atoms with van der Waals surface area (Å²) in [6.07, 6.45) is 1.58. The Morgan fingerprint density at radius 1 is 1.04 bits per heavy atom. The van der Waals surface area contributed by atoms with E-state index in [0.29, 0.717) is 28.7 Å². The molecule has 2 amide bonds. The van der Waals surface area contributed by atoms with Gasteiger partial charge < -0.3 is 25.4 Å². The third kappa shape index (κ3) is 5.10. The summed E-state index contributed by atoms with van der Waals surface area (Å²) < 4.78 is 10.3. The van der Waals surface area contributed by atoms with Crippen LogP contribution < -0.4 is 25.4 Å². The number of aromatic nitrogens is 1. The van der Waals surface area contributed by atoms with Crippen molar-refractivity contribution in [2.75, 3.05) is 30.2 Å². The van der Waals surface area contributed by atoms with Crippen molar-refractivity contribution in [3.63, 3.8) is 0 Å². The number of amides is 2. The highest BCUT2D eigenvalue weighted by atomic mass is 16.5. The molecular formula is C18H22N4O4. The summed E-state index contributed by atoms with van der Waals surface area (Å²) in [7, 11) is 3.04. The number of carbonyl (C=O) groups is 2. The fraction of sp³-hybridized carbons (Fsp3) is 0.278. The van der Waals surface area contributed by atoms with Gasteiger partial charge in [-0.1, -0.05) is 0 Å². The Hall–Kier alpha value is -3.29. The lowest BCUT2D eigenvalue weighted by Gasteiger charge is -2.17. The number of rotatable bonds is 7. The van der Waals surface area contributed by atoms with Crippen molar-refractivity contribution in [3.8, 4) is 11.6 Å². The number of carbonyl (C=O) groups excluding carboxylic acids is 2. The number of nitrogens with zero attached hydrogens (tertiary/aromatic N) is 1. The fourth-order valence-electron chi connectivity index (χ4n) is 2.23. The van der Waals surface area contributed by atoms with Gasteiger partial charge in [-0.15, -0.1) is 0 Å². The number of hydrogen-bond acceptors (Lipinski definition) is 6. The molecule has 8 nitrogen and oxygen atoms in total. The Bertz CT molecular complexity index is 777. The van der Waals surface area contributed by atoms with E-state index >= 15 is 0 Å². The summed E-state index contributed by atoms with van der Waals surface area (Å²) in [5.41, 5.74) is 1.71. The highest BCUT2D eigenvalue weighted by molar-refractivity contribution is 5.98. The normalized spacial score (nSPS) is 11.2. The third-order valence-corrected chi connectivity index (χ3v) is 3.50. The van der Waals surface area contributed by atoms with E-state index in [9.17, 15) is 9.59 Å². The largest absolute Gasteiger partial charge is 0.495 e. The van der Waals surface area contributed by atoms with E-state index in [4.69, 9.17) is 9.47 Å². The Morgan fingerprint density at radius 3 is 2.35 bits per heavy atom. The molecule has 26 heavy (non-hydrogen) atoms. The fourth-order valence-corrected chi connectivity index (χ4v) is 2.23. The van der Waals surface area contributed by atoms with Crippen LogP contribution in [0.25, 0.3) is 0 Å². The standard InChI is InChI=1S/C18H22N4O4/c1-11(20-14-6-8-17(26-4)19-10-14)18(24)22-15-9-13(21-12(2)23)5-7-16(15)25-3/h5-11,20H,1-4H3,(H,21,23)(H,22,24)/t11-/m1/s1. The molecule has 138 valence electrons. The van der Waals surface area contributed by atoms with E-state index in [0.717, 1.165) is 0 Å². The Morgan fingerprint density at radius 2 is 1.77 bits per heavy atom. The molecule has 1 aromatic heterocycles. The molecular weight excluding hydrogens is 336 g/mol. The number of pyridine rings is 1. The minimum atomic E-state index is -0.528. The molecule has 2 rings (SSSR count). The molecule has 2 aromatic rings. The van der Waals surface area contributed by atoms with Crippen molar-refractivity contribution in [2.24, 2.45) is 0 Å². The second-order valence-corrected chi connectivity index (χ2v) is 5.54. The molecule has 0 saturated carbocycles. The first kappa shape index (κ1) is 19.0. The summed E-state index contributed by atoms with van der Waals surface area (Å²) in [5.74, 6) is 0.520. The SMILES string of the molecule is COc1ccc(N[C@H](C)C(=O)Nc2cc(NC(C)=O)ccc2OC)cn1. The molecule has 0 radical (unpaired) electrons. The first-order chi connectivity index (χ1) is 12.4. The summed E-state index contributed by atoms with van der Waals surface area (Å²) in [4.78, 5) is 27.8. The van der Waals surface area contributed by atoms with Crippen LogP contribution in [-0.4, -0.2) is 37.1 Å². The summed E-state index contributed by atoms with van der Waals surface area (Å²) in [6, 6.07) is 7.95. The second-order valence-electron chi connectivity index (χ2n) is 5.54. The van der Waals surface area contributed by atoms with E-state index in [1.807, 2.05) is 0 Å². The lowest BCUT2D eigenvalue weighted by molar-refractivity contribution is -0.116. The molecule has 0 unspecified atom stereocenters. The van der Waals surface area contributed by atoms with Crippen molar-refractivity contribution in [3.05, 3.63) is 36.5 Å². The molecule has 8 heteroatoms. The van der Waals surface area contributed by atoms with Crippen LogP contribution in [0.3, 0.4) is 0 Å². The van der Waals surface area contributed by atoms with Gasteiger partial charge in [0, 0.05) is 18.7 Å². The number of nitrogens with one attached hydrogen (secondary N) is 3. The molecule has 1 atom stereocenters. The molecule has 0 bridgehead atoms.